The summed E-state index contributed by atoms with van der Waals surface area (Å²) in [6, 6.07) is 24.7. The van der Waals surface area contributed by atoms with E-state index in [1.54, 1.807) is 4.90 Å². The molecule has 3 N–H and O–H groups in total. The van der Waals surface area contributed by atoms with Gasteiger partial charge in [-0.2, -0.15) is 0 Å². The van der Waals surface area contributed by atoms with Crippen LogP contribution in [0.5, 0.6) is 0 Å². The Morgan fingerprint density at radius 3 is 2.16 bits per heavy atom. The van der Waals surface area contributed by atoms with Gasteiger partial charge in [-0.1, -0.05) is 93.1 Å². The third-order valence-electron chi connectivity index (χ3n) is 8.80. The van der Waals surface area contributed by atoms with E-state index in [9.17, 15) is 4.79 Å². The van der Waals surface area contributed by atoms with Gasteiger partial charge in [-0.25, -0.2) is 14.8 Å². The summed E-state index contributed by atoms with van der Waals surface area (Å²) in [7, 11) is 0. The number of rotatable bonds is 6. The fourth-order valence-electron chi connectivity index (χ4n) is 6.39. The summed E-state index contributed by atoms with van der Waals surface area (Å²) in [6.45, 7) is 1.40. The quantitative estimate of drug-likeness (QED) is 0.178. The minimum absolute atomic E-state index is 0.0327. The van der Waals surface area contributed by atoms with E-state index in [2.05, 4.69) is 70.2 Å². The number of benzene rings is 3. The lowest BCUT2D eigenvalue weighted by Gasteiger charge is -2.13. The molecular formula is C36H38N6O. The largest absolute Gasteiger partial charge is 0.341 e. The minimum atomic E-state index is -0.0327. The maximum Gasteiger partial charge on any atom is 0.321 e. The highest BCUT2D eigenvalue weighted by Crippen LogP contribution is 2.35. The molecular weight excluding hydrogens is 532 g/mol. The van der Waals surface area contributed by atoms with Crippen molar-refractivity contribution in [1.82, 2.24) is 20.3 Å². The molecule has 1 saturated carbocycles. The first-order valence-corrected chi connectivity index (χ1v) is 15.7. The molecule has 1 saturated heterocycles. The van der Waals surface area contributed by atoms with Gasteiger partial charge in [0, 0.05) is 35.8 Å². The molecule has 1 aliphatic heterocycles. The number of imidazole rings is 1. The molecule has 0 unspecified atom stereocenters. The summed E-state index contributed by atoms with van der Waals surface area (Å²) in [5, 5.41) is 7.53. The molecule has 3 heterocycles. The summed E-state index contributed by atoms with van der Waals surface area (Å²) < 4.78 is 0. The maximum atomic E-state index is 11.9. The average Bonchev–Trinajstić information content (AvgIpc) is 3.70. The molecule has 5 aromatic rings. The van der Waals surface area contributed by atoms with Crippen LogP contribution in [0.1, 0.15) is 74.2 Å². The van der Waals surface area contributed by atoms with Crippen molar-refractivity contribution in [2.45, 2.75) is 57.3 Å². The third-order valence-corrected chi connectivity index (χ3v) is 8.80. The molecule has 2 amide bonds. The van der Waals surface area contributed by atoms with Gasteiger partial charge in [0.05, 0.1) is 11.0 Å². The number of carbonyl (C=O) groups is 1. The van der Waals surface area contributed by atoms with Gasteiger partial charge in [-0.15, -0.1) is 0 Å². The molecule has 0 bridgehead atoms. The molecule has 7 rings (SSSR count). The van der Waals surface area contributed by atoms with Crippen LogP contribution in [0.15, 0.2) is 72.8 Å². The fourth-order valence-corrected chi connectivity index (χ4v) is 6.39. The van der Waals surface area contributed by atoms with Crippen LogP contribution in [0.25, 0.3) is 34.1 Å². The van der Waals surface area contributed by atoms with Gasteiger partial charge >= 0.3 is 6.03 Å². The highest BCUT2D eigenvalue weighted by Gasteiger charge is 2.21. The van der Waals surface area contributed by atoms with Crippen LogP contribution >= 0.6 is 0 Å². The van der Waals surface area contributed by atoms with E-state index in [-0.39, 0.29) is 6.03 Å². The van der Waals surface area contributed by atoms with Gasteiger partial charge < -0.3 is 15.6 Å². The van der Waals surface area contributed by atoms with E-state index < -0.39 is 0 Å². The van der Waals surface area contributed by atoms with E-state index in [0.29, 0.717) is 19.0 Å². The van der Waals surface area contributed by atoms with E-state index in [1.807, 2.05) is 30.3 Å². The third kappa shape index (κ3) is 5.98. The van der Waals surface area contributed by atoms with E-state index in [0.717, 1.165) is 56.1 Å². The number of H-pyrrole nitrogens is 1. The van der Waals surface area contributed by atoms with Crippen LogP contribution in [-0.4, -0.2) is 34.1 Å². The molecule has 0 radical (unpaired) electrons. The smallest absolute Gasteiger partial charge is 0.321 e. The van der Waals surface area contributed by atoms with Crippen molar-refractivity contribution in [3.8, 4) is 0 Å². The highest BCUT2D eigenvalue weighted by atomic mass is 16.2. The molecule has 7 nitrogen and oxygen atoms in total. The second kappa shape index (κ2) is 12.3. The molecule has 43 heavy (non-hydrogen) atoms. The predicted molar refractivity (Wildman–Crippen MR) is 177 cm³/mol. The fraction of sp³-hybridized carbons (Fsp3) is 0.306. The lowest BCUT2D eigenvalue weighted by molar-refractivity contribution is 0.252. The molecule has 2 fully saturated rings. The number of anilines is 3. The van der Waals surface area contributed by atoms with Crippen LogP contribution < -0.4 is 15.5 Å². The van der Waals surface area contributed by atoms with Gasteiger partial charge in [0.2, 0.25) is 0 Å². The monoisotopic (exact) mass is 570 g/mol. The Hall–Kier alpha value is -4.65. The zero-order valence-corrected chi connectivity index (χ0v) is 24.5. The first kappa shape index (κ1) is 27.2. The topological polar surface area (TPSA) is 85.9 Å². The number of urea groups is 1. The number of aromatic nitrogens is 3. The van der Waals surface area contributed by atoms with Crippen molar-refractivity contribution < 1.29 is 4.79 Å². The van der Waals surface area contributed by atoms with Crippen LogP contribution in [0, 0.1) is 0 Å². The number of para-hydroxylation sites is 1. The lowest BCUT2D eigenvalue weighted by atomic mass is 9.96. The average molecular weight is 571 g/mol. The number of aromatic amines is 1. The number of nitrogens with one attached hydrogen (secondary N) is 3. The zero-order chi connectivity index (χ0) is 29.0. The molecule has 1 aliphatic carbocycles. The number of nitrogens with zero attached hydrogens (tertiary/aromatic N) is 3. The van der Waals surface area contributed by atoms with Crippen molar-refractivity contribution in [2.75, 3.05) is 23.3 Å². The van der Waals surface area contributed by atoms with E-state index in [1.165, 1.54) is 51.4 Å². The van der Waals surface area contributed by atoms with Crippen molar-refractivity contribution in [3.05, 3.63) is 89.7 Å². The second-order valence-corrected chi connectivity index (χ2v) is 11.8. The number of hydrogen-bond donors (Lipinski definition) is 3. The van der Waals surface area contributed by atoms with Crippen LogP contribution in [-0.2, 0) is 0 Å². The Balaban J connectivity index is 1.11. The van der Waals surface area contributed by atoms with Crippen LogP contribution in [0.3, 0.4) is 0 Å². The molecule has 218 valence electrons. The number of fused-ring (bicyclic) bond motifs is 3. The zero-order valence-electron chi connectivity index (χ0n) is 24.5. The summed E-state index contributed by atoms with van der Waals surface area (Å²) in [5.74, 6) is 2.36. The minimum Gasteiger partial charge on any atom is -0.341 e. The maximum absolute atomic E-state index is 11.9. The standard InChI is InChI=1S/C36H38N6O/c43-36-37-23-24-42(36)29-21-17-26(18-22-29)14-13-25-15-19-28(20-16-25)38-35-33-32(30-11-7-8-12-31(30)39-35)40-34(41-33)27-9-5-3-1-2-4-6-10-27/h7-8,11-22,27H,1-6,9-10,23-24H2,(H,37,43)(H,38,39)(H,40,41)/b14-13+. The van der Waals surface area contributed by atoms with E-state index in [4.69, 9.17) is 9.97 Å². The molecule has 0 atom stereocenters. The lowest BCUT2D eigenvalue weighted by Crippen LogP contribution is -2.27. The van der Waals surface area contributed by atoms with Crippen molar-refractivity contribution in [2.24, 2.45) is 0 Å². The molecule has 2 aromatic heterocycles. The summed E-state index contributed by atoms with van der Waals surface area (Å²) >= 11 is 0. The van der Waals surface area contributed by atoms with Crippen molar-refractivity contribution in [3.63, 3.8) is 0 Å². The number of pyridine rings is 1. The summed E-state index contributed by atoms with van der Waals surface area (Å²) in [6.07, 6.45) is 14.5. The summed E-state index contributed by atoms with van der Waals surface area (Å²) in [5.41, 5.74) is 7.02. The number of hydrogen-bond acceptors (Lipinski definition) is 4. The van der Waals surface area contributed by atoms with Crippen LogP contribution in [0.4, 0.5) is 22.0 Å². The van der Waals surface area contributed by atoms with E-state index >= 15 is 0 Å². The Kier molecular flexibility index (Phi) is 7.78. The van der Waals surface area contributed by atoms with Gasteiger partial charge in [0.1, 0.15) is 11.3 Å². The van der Waals surface area contributed by atoms with Crippen LogP contribution in [0.2, 0.25) is 0 Å². The predicted octanol–water partition coefficient (Wildman–Crippen LogP) is 8.77. The molecule has 3 aromatic carbocycles. The van der Waals surface area contributed by atoms with Gasteiger partial charge in [-0.05, 0) is 54.3 Å². The highest BCUT2D eigenvalue weighted by molar-refractivity contribution is 6.07. The SMILES string of the molecule is O=C1NCCN1c1ccc(/C=C/c2ccc(Nc3nc4ccccc4c4[nH]c(C5CCCCCCCC5)nc34)cc2)cc1. The number of amides is 2. The van der Waals surface area contributed by atoms with Crippen molar-refractivity contribution in [1.29, 1.82) is 0 Å². The van der Waals surface area contributed by atoms with Gasteiger partial charge in [0.25, 0.3) is 0 Å². The first-order valence-electron chi connectivity index (χ1n) is 15.7. The normalized spacial score (nSPS) is 16.8. The molecule has 7 heteroatoms. The molecule has 0 spiro atoms. The van der Waals surface area contributed by atoms with Gasteiger partial charge in [-0.3, -0.25) is 4.90 Å². The second-order valence-electron chi connectivity index (χ2n) is 11.8. The Labute approximate surface area is 252 Å². The molecule has 2 aliphatic rings. The Morgan fingerprint density at radius 2 is 1.47 bits per heavy atom. The van der Waals surface area contributed by atoms with Crippen molar-refractivity contribution >= 4 is 57.3 Å². The Morgan fingerprint density at radius 1 is 0.791 bits per heavy atom. The Bertz CT molecular complexity index is 1750. The first-order chi connectivity index (χ1) is 21.2. The van der Waals surface area contributed by atoms with Gasteiger partial charge in [0.15, 0.2) is 5.82 Å². The number of carbonyl (C=O) groups excluding carboxylic acids is 1. The summed E-state index contributed by atoms with van der Waals surface area (Å²) in [4.78, 5) is 27.6.